The lowest BCUT2D eigenvalue weighted by Gasteiger charge is -2.46. The highest BCUT2D eigenvalue weighted by Gasteiger charge is 2.51. The molecule has 9 N–H and O–H groups in total. The Bertz CT molecular complexity index is 1260. The second-order valence-corrected chi connectivity index (χ2v) is 21.5. The Morgan fingerprint density at radius 3 is 1.28 bits per heavy atom. The summed E-state index contributed by atoms with van der Waals surface area (Å²) in [7, 11) is 0. The first-order valence-corrected chi connectivity index (χ1v) is 29.9. The van der Waals surface area contributed by atoms with Gasteiger partial charge in [-0.1, -0.05) is 244 Å². The molecule has 2 saturated heterocycles. The molecule has 12 atom stereocenters. The van der Waals surface area contributed by atoms with Crippen molar-refractivity contribution in [3.63, 3.8) is 0 Å². The molecule has 1 amide bonds. The van der Waals surface area contributed by atoms with E-state index in [-0.39, 0.29) is 18.9 Å². The minimum Gasteiger partial charge on any atom is -0.394 e. The van der Waals surface area contributed by atoms with Crippen molar-refractivity contribution >= 4 is 5.91 Å². The summed E-state index contributed by atoms with van der Waals surface area (Å²) in [6.45, 7) is 2.75. The van der Waals surface area contributed by atoms with E-state index in [0.29, 0.717) is 6.42 Å². The molecule has 0 spiro atoms. The molecule has 0 aromatic heterocycles. The van der Waals surface area contributed by atoms with Gasteiger partial charge in [-0.15, -0.1) is 0 Å². The van der Waals surface area contributed by atoms with E-state index >= 15 is 0 Å². The SMILES string of the molecule is CCCCCCC/C=C/C(O)C(COC1OC(CO)C(OC2OC(CO)C(O)C(O)C2O)C(O)C1O)NC(=O)CCCCCCCCCCCCCCCCCCCCCCCCCCCCCCCCC. The van der Waals surface area contributed by atoms with Gasteiger partial charge in [-0.3, -0.25) is 4.79 Å². The fraction of sp³-hybridized carbons (Fsp3) is 0.948. The molecule has 2 fully saturated rings. The summed E-state index contributed by atoms with van der Waals surface area (Å²) in [6.07, 6.45) is 34.7. The summed E-state index contributed by atoms with van der Waals surface area (Å²) in [5.41, 5.74) is 0. The van der Waals surface area contributed by atoms with Crippen molar-refractivity contribution in [2.75, 3.05) is 19.8 Å². The van der Waals surface area contributed by atoms with Gasteiger partial charge >= 0.3 is 0 Å². The average molecular weight is 1030 g/mol. The summed E-state index contributed by atoms with van der Waals surface area (Å²) in [5.74, 6) is -0.239. The van der Waals surface area contributed by atoms with Gasteiger partial charge in [0, 0.05) is 6.42 Å². The molecular formula is C58H111NO13. The lowest BCUT2D eigenvalue weighted by atomic mass is 9.97. The second kappa shape index (κ2) is 44.8. The van der Waals surface area contributed by atoms with Crippen LogP contribution in [0.5, 0.6) is 0 Å². The van der Waals surface area contributed by atoms with Crippen LogP contribution in [0.3, 0.4) is 0 Å². The number of hydrogen-bond donors (Lipinski definition) is 9. The average Bonchev–Trinajstić information content (AvgIpc) is 3.38. The van der Waals surface area contributed by atoms with E-state index in [1.165, 1.54) is 180 Å². The number of ether oxygens (including phenoxy) is 4. The highest BCUT2D eigenvalue weighted by atomic mass is 16.7. The van der Waals surface area contributed by atoms with Crippen molar-refractivity contribution < 1.29 is 64.6 Å². The predicted molar refractivity (Wildman–Crippen MR) is 286 cm³/mol. The van der Waals surface area contributed by atoms with Crippen molar-refractivity contribution in [3.05, 3.63) is 12.2 Å². The van der Waals surface area contributed by atoms with Crippen LogP contribution in [0, 0.1) is 0 Å². The second-order valence-electron chi connectivity index (χ2n) is 21.5. The normalized spacial score (nSPS) is 25.6. The zero-order valence-electron chi connectivity index (χ0n) is 45.7. The first-order valence-electron chi connectivity index (χ1n) is 29.9. The molecule has 0 aromatic carbocycles. The van der Waals surface area contributed by atoms with Crippen LogP contribution in [-0.4, -0.2) is 140 Å². The number of aliphatic hydroxyl groups is 8. The third-order valence-electron chi connectivity index (χ3n) is 15.0. The summed E-state index contributed by atoms with van der Waals surface area (Å²) >= 11 is 0. The number of carbonyl (C=O) groups is 1. The quantitative estimate of drug-likeness (QED) is 0.0205. The Kier molecular flexibility index (Phi) is 41.6. The maximum atomic E-state index is 13.2. The molecule has 2 aliphatic heterocycles. The molecule has 426 valence electrons. The van der Waals surface area contributed by atoms with Crippen LogP contribution < -0.4 is 5.32 Å². The van der Waals surface area contributed by atoms with Crippen LogP contribution in [0.4, 0.5) is 0 Å². The minimum atomic E-state index is -1.78. The van der Waals surface area contributed by atoms with Crippen LogP contribution in [0.1, 0.15) is 258 Å². The summed E-state index contributed by atoms with van der Waals surface area (Å²) in [6, 6.07) is -0.907. The molecule has 12 unspecified atom stereocenters. The Morgan fingerprint density at radius 1 is 0.486 bits per heavy atom. The van der Waals surface area contributed by atoms with Gasteiger partial charge in [-0.2, -0.15) is 0 Å². The van der Waals surface area contributed by atoms with Crippen LogP contribution >= 0.6 is 0 Å². The van der Waals surface area contributed by atoms with E-state index in [1.54, 1.807) is 6.08 Å². The van der Waals surface area contributed by atoms with Crippen molar-refractivity contribution in [3.8, 4) is 0 Å². The molecule has 0 radical (unpaired) electrons. The number of aliphatic hydroxyl groups excluding tert-OH is 8. The Morgan fingerprint density at radius 2 is 0.861 bits per heavy atom. The van der Waals surface area contributed by atoms with Crippen molar-refractivity contribution in [1.82, 2.24) is 5.32 Å². The minimum absolute atomic E-state index is 0.239. The molecule has 2 aliphatic rings. The van der Waals surface area contributed by atoms with Gasteiger partial charge in [-0.25, -0.2) is 0 Å². The highest BCUT2D eigenvalue weighted by Crippen LogP contribution is 2.30. The van der Waals surface area contributed by atoms with Crippen molar-refractivity contribution in [2.45, 2.75) is 331 Å². The summed E-state index contributed by atoms with van der Waals surface area (Å²) in [5, 5.41) is 86.6. The lowest BCUT2D eigenvalue weighted by Crippen LogP contribution is -2.65. The molecule has 2 rings (SSSR count). The Hall–Kier alpha value is -1.27. The summed E-state index contributed by atoms with van der Waals surface area (Å²) < 4.78 is 22.7. The number of rotatable bonds is 48. The van der Waals surface area contributed by atoms with Gasteiger partial charge in [0.2, 0.25) is 5.91 Å². The van der Waals surface area contributed by atoms with Gasteiger partial charge in [0.1, 0.15) is 48.8 Å². The Labute approximate surface area is 437 Å². The molecule has 0 saturated carbocycles. The number of unbranched alkanes of at least 4 members (excludes halogenated alkanes) is 35. The van der Waals surface area contributed by atoms with Gasteiger partial charge in [0.15, 0.2) is 12.6 Å². The van der Waals surface area contributed by atoms with Gasteiger partial charge in [0.05, 0.1) is 32.0 Å². The molecule has 14 nitrogen and oxygen atoms in total. The summed E-state index contributed by atoms with van der Waals surface area (Å²) in [4.78, 5) is 13.2. The first kappa shape index (κ1) is 66.8. The zero-order chi connectivity index (χ0) is 52.4. The standard InChI is InChI=1S/C58H111NO13/c1-3-5-7-9-11-12-13-14-15-16-17-18-19-20-21-22-23-24-25-26-27-28-29-30-31-32-33-34-36-38-40-42-50(63)59-46(47(62)41-39-37-35-10-8-6-4-2)45-69-57-55(68)53(66)56(49(44-61)71-57)72-58-54(67)52(65)51(64)48(43-60)70-58/h39,41,46-49,51-58,60-62,64-68H,3-38,40,42-45H2,1-2H3,(H,59,63)/b41-39+. The van der Waals surface area contributed by atoms with E-state index in [2.05, 4.69) is 19.2 Å². The van der Waals surface area contributed by atoms with E-state index in [9.17, 15) is 45.6 Å². The molecular weight excluding hydrogens is 919 g/mol. The largest absolute Gasteiger partial charge is 0.394 e. The monoisotopic (exact) mass is 1030 g/mol. The number of allylic oxidation sites excluding steroid dienone is 1. The fourth-order valence-electron chi connectivity index (χ4n) is 10.1. The fourth-order valence-corrected chi connectivity index (χ4v) is 10.1. The first-order chi connectivity index (χ1) is 35.1. The molecule has 0 bridgehead atoms. The molecule has 0 aromatic rings. The van der Waals surface area contributed by atoms with Gasteiger partial charge in [0.25, 0.3) is 0 Å². The van der Waals surface area contributed by atoms with Crippen LogP contribution in [-0.2, 0) is 23.7 Å². The van der Waals surface area contributed by atoms with E-state index in [1.807, 2.05) is 6.08 Å². The smallest absolute Gasteiger partial charge is 0.220 e. The third kappa shape index (κ3) is 30.5. The van der Waals surface area contributed by atoms with Crippen molar-refractivity contribution in [2.24, 2.45) is 0 Å². The number of hydrogen-bond acceptors (Lipinski definition) is 13. The third-order valence-corrected chi connectivity index (χ3v) is 15.0. The van der Waals surface area contributed by atoms with Gasteiger partial charge in [-0.05, 0) is 19.3 Å². The van der Waals surface area contributed by atoms with E-state index < -0.39 is 86.8 Å². The van der Waals surface area contributed by atoms with E-state index in [0.717, 1.165) is 51.4 Å². The van der Waals surface area contributed by atoms with Crippen LogP contribution in [0.2, 0.25) is 0 Å². The maximum absolute atomic E-state index is 13.2. The molecule has 2 heterocycles. The molecule has 0 aliphatic carbocycles. The molecule has 72 heavy (non-hydrogen) atoms. The van der Waals surface area contributed by atoms with Crippen LogP contribution in [0.25, 0.3) is 0 Å². The van der Waals surface area contributed by atoms with E-state index in [4.69, 9.17) is 18.9 Å². The van der Waals surface area contributed by atoms with Crippen LogP contribution in [0.15, 0.2) is 12.2 Å². The maximum Gasteiger partial charge on any atom is 0.220 e. The topological polar surface area (TPSA) is 228 Å². The zero-order valence-corrected chi connectivity index (χ0v) is 45.7. The van der Waals surface area contributed by atoms with Gasteiger partial charge < -0.3 is 65.1 Å². The van der Waals surface area contributed by atoms with Crippen molar-refractivity contribution in [1.29, 1.82) is 0 Å². The number of amides is 1. The molecule has 14 heteroatoms. The number of nitrogens with one attached hydrogen (secondary N) is 1. The Balaban J connectivity index is 1.57. The predicted octanol–water partition coefficient (Wildman–Crippen LogP) is 9.89. The lowest BCUT2D eigenvalue weighted by molar-refractivity contribution is -0.359. The highest BCUT2D eigenvalue weighted by molar-refractivity contribution is 5.76. The number of carbonyl (C=O) groups excluding carboxylic acids is 1.